The normalized spacial score (nSPS) is 26.2. The molecule has 4 heteroatoms. The smallest absolute Gasteiger partial charge is 0.237 e. The van der Waals surface area contributed by atoms with E-state index < -0.39 is 0 Å². The van der Waals surface area contributed by atoms with E-state index in [0.717, 1.165) is 25.9 Å². The molecule has 104 valence electrons. The third-order valence-corrected chi connectivity index (χ3v) is 4.28. The lowest BCUT2D eigenvalue weighted by atomic mass is 9.98. The van der Waals surface area contributed by atoms with Gasteiger partial charge in [0.1, 0.15) is 0 Å². The molecule has 1 atom stereocenters. The van der Waals surface area contributed by atoms with Crippen molar-refractivity contribution < 1.29 is 4.79 Å². The molecule has 0 spiro atoms. The second-order valence-corrected chi connectivity index (χ2v) is 6.23. The first-order chi connectivity index (χ1) is 8.59. The van der Waals surface area contributed by atoms with Gasteiger partial charge in [0.15, 0.2) is 0 Å². The molecule has 0 aromatic carbocycles. The molecular formula is C14H27N3O. The highest BCUT2D eigenvalue weighted by Crippen LogP contribution is 2.19. The van der Waals surface area contributed by atoms with Gasteiger partial charge in [0, 0.05) is 12.1 Å². The van der Waals surface area contributed by atoms with Crippen molar-refractivity contribution in [2.75, 3.05) is 26.2 Å². The summed E-state index contributed by atoms with van der Waals surface area (Å²) in [5, 5.41) is 6.37. The van der Waals surface area contributed by atoms with Crippen LogP contribution in [0.2, 0.25) is 0 Å². The number of nitrogens with zero attached hydrogens (tertiary/aromatic N) is 1. The maximum atomic E-state index is 12.0. The Hall–Kier alpha value is -0.610. The van der Waals surface area contributed by atoms with Crippen molar-refractivity contribution in [1.82, 2.24) is 15.5 Å². The average Bonchev–Trinajstić information content (AvgIpc) is 2.91. The molecule has 2 fully saturated rings. The number of nitrogens with one attached hydrogen (secondary N) is 2. The number of amides is 1. The molecule has 0 aromatic heterocycles. The monoisotopic (exact) mass is 253 g/mol. The SMILES string of the molecule is CC(C)(CNC(=O)C1CCCN1)N1CCCCC1. The van der Waals surface area contributed by atoms with Crippen LogP contribution in [0.4, 0.5) is 0 Å². The highest BCUT2D eigenvalue weighted by molar-refractivity contribution is 5.82. The van der Waals surface area contributed by atoms with E-state index >= 15 is 0 Å². The van der Waals surface area contributed by atoms with Gasteiger partial charge in [-0.25, -0.2) is 0 Å². The van der Waals surface area contributed by atoms with Gasteiger partial charge in [-0.3, -0.25) is 9.69 Å². The molecule has 2 aliphatic rings. The topological polar surface area (TPSA) is 44.4 Å². The zero-order chi connectivity index (χ0) is 13.0. The molecule has 2 saturated heterocycles. The van der Waals surface area contributed by atoms with Crippen molar-refractivity contribution in [3.63, 3.8) is 0 Å². The summed E-state index contributed by atoms with van der Waals surface area (Å²) in [6, 6.07) is 0.0437. The molecule has 0 bridgehead atoms. The van der Waals surface area contributed by atoms with E-state index in [9.17, 15) is 4.79 Å². The minimum atomic E-state index is 0.0437. The lowest BCUT2D eigenvalue weighted by Crippen LogP contribution is -2.55. The van der Waals surface area contributed by atoms with Crippen LogP contribution in [-0.4, -0.2) is 48.6 Å². The maximum absolute atomic E-state index is 12.0. The summed E-state index contributed by atoms with van der Waals surface area (Å²) in [5.41, 5.74) is 0.0781. The molecule has 1 amide bonds. The summed E-state index contributed by atoms with van der Waals surface area (Å²) in [6.45, 7) is 8.55. The summed E-state index contributed by atoms with van der Waals surface area (Å²) in [5.74, 6) is 0.178. The zero-order valence-corrected chi connectivity index (χ0v) is 11.8. The third-order valence-electron chi connectivity index (χ3n) is 4.28. The van der Waals surface area contributed by atoms with Gasteiger partial charge in [0.25, 0.3) is 0 Å². The Kier molecular flexibility index (Phi) is 4.62. The van der Waals surface area contributed by atoms with Gasteiger partial charge in [0.2, 0.25) is 5.91 Å². The Morgan fingerprint density at radius 3 is 2.61 bits per heavy atom. The van der Waals surface area contributed by atoms with E-state index in [1.54, 1.807) is 0 Å². The molecule has 18 heavy (non-hydrogen) atoms. The molecule has 1 unspecified atom stereocenters. The number of carbonyl (C=O) groups excluding carboxylic acids is 1. The first kappa shape index (κ1) is 13.8. The van der Waals surface area contributed by atoms with Gasteiger partial charge in [-0.2, -0.15) is 0 Å². The Morgan fingerprint density at radius 1 is 1.28 bits per heavy atom. The van der Waals surface area contributed by atoms with E-state index in [1.165, 1.54) is 32.4 Å². The fraction of sp³-hybridized carbons (Fsp3) is 0.929. The van der Waals surface area contributed by atoms with Gasteiger partial charge in [-0.1, -0.05) is 6.42 Å². The third kappa shape index (κ3) is 3.45. The van der Waals surface area contributed by atoms with Crippen molar-refractivity contribution in [3.8, 4) is 0 Å². The fourth-order valence-electron chi connectivity index (χ4n) is 2.95. The highest BCUT2D eigenvalue weighted by Gasteiger charge is 2.29. The summed E-state index contributed by atoms with van der Waals surface area (Å²) in [7, 11) is 0. The first-order valence-corrected chi connectivity index (χ1v) is 7.36. The van der Waals surface area contributed by atoms with Crippen LogP contribution < -0.4 is 10.6 Å². The van der Waals surface area contributed by atoms with Crippen LogP contribution in [0.25, 0.3) is 0 Å². The van der Waals surface area contributed by atoms with Crippen LogP contribution in [0.3, 0.4) is 0 Å². The number of carbonyl (C=O) groups is 1. The van der Waals surface area contributed by atoms with Crippen LogP contribution in [0.15, 0.2) is 0 Å². The van der Waals surface area contributed by atoms with Crippen molar-refractivity contribution in [2.45, 2.75) is 57.5 Å². The van der Waals surface area contributed by atoms with E-state index in [2.05, 4.69) is 29.4 Å². The van der Waals surface area contributed by atoms with Crippen LogP contribution in [0.1, 0.15) is 46.0 Å². The van der Waals surface area contributed by atoms with Crippen molar-refractivity contribution in [1.29, 1.82) is 0 Å². The number of rotatable bonds is 4. The second kappa shape index (κ2) is 6.02. The van der Waals surface area contributed by atoms with E-state index in [1.807, 2.05) is 0 Å². The molecule has 0 aromatic rings. The summed E-state index contributed by atoms with van der Waals surface area (Å²) < 4.78 is 0. The maximum Gasteiger partial charge on any atom is 0.237 e. The number of piperidine rings is 1. The van der Waals surface area contributed by atoms with Gasteiger partial charge >= 0.3 is 0 Å². The predicted molar refractivity (Wildman–Crippen MR) is 73.5 cm³/mol. The van der Waals surface area contributed by atoms with Gasteiger partial charge in [0.05, 0.1) is 6.04 Å². The summed E-state index contributed by atoms with van der Waals surface area (Å²) in [4.78, 5) is 14.5. The molecule has 2 heterocycles. The molecule has 0 radical (unpaired) electrons. The van der Waals surface area contributed by atoms with E-state index in [4.69, 9.17) is 0 Å². The molecule has 0 saturated carbocycles. The zero-order valence-electron chi connectivity index (χ0n) is 11.8. The van der Waals surface area contributed by atoms with Gasteiger partial charge < -0.3 is 10.6 Å². The minimum Gasteiger partial charge on any atom is -0.353 e. The molecule has 4 nitrogen and oxygen atoms in total. The van der Waals surface area contributed by atoms with Crippen LogP contribution in [-0.2, 0) is 4.79 Å². The van der Waals surface area contributed by atoms with E-state index in [-0.39, 0.29) is 17.5 Å². The van der Waals surface area contributed by atoms with Crippen molar-refractivity contribution in [3.05, 3.63) is 0 Å². The lowest BCUT2D eigenvalue weighted by Gasteiger charge is -2.41. The molecule has 2 N–H and O–H groups in total. The summed E-state index contributed by atoms with van der Waals surface area (Å²) >= 11 is 0. The number of hydrogen-bond donors (Lipinski definition) is 2. The van der Waals surface area contributed by atoms with E-state index in [0.29, 0.717) is 0 Å². The van der Waals surface area contributed by atoms with Crippen molar-refractivity contribution >= 4 is 5.91 Å². The predicted octanol–water partition coefficient (Wildman–Crippen LogP) is 1.12. The highest BCUT2D eigenvalue weighted by atomic mass is 16.2. The lowest BCUT2D eigenvalue weighted by molar-refractivity contribution is -0.123. The molecular weight excluding hydrogens is 226 g/mol. The summed E-state index contributed by atoms with van der Waals surface area (Å²) in [6.07, 6.45) is 6.04. The second-order valence-electron chi connectivity index (χ2n) is 6.23. The first-order valence-electron chi connectivity index (χ1n) is 7.36. The largest absolute Gasteiger partial charge is 0.353 e. The standard InChI is InChI=1S/C14H27N3O/c1-14(2,17-9-4-3-5-10-17)11-16-13(18)12-7-6-8-15-12/h12,15H,3-11H2,1-2H3,(H,16,18). The Bertz CT molecular complexity index is 279. The Balaban J connectivity index is 1.78. The van der Waals surface area contributed by atoms with Gasteiger partial charge in [-0.05, 0) is 59.2 Å². The van der Waals surface area contributed by atoms with Crippen molar-refractivity contribution in [2.24, 2.45) is 0 Å². The Morgan fingerprint density at radius 2 is 2.00 bits per heavy atom. The molecule has 2 rings (SSSR count). The molecule has 2 aliphatic heterocycles. The van der Waals surface area contributed by atoms with Crippen LogP contribution in [0, 0.1) is 0 Å². The quantitative estimate of drug-likeness (QED) is 0.789. The average molecular weight is 253 g/mol. The van der Waals surface area contributed by atoms with Gasteiger partial charge in [-0.15, -0.1) is 0 Å². The molecule has 0 aliphatic carbocycles. The number of likely N-dealkylation sites (tertiary alicyclic amines) is 1. The minimum absolute atomic E-state index is 0.0437. The van der Waals surface area contributed by atoms with Crippen LogP contribution >= 0.6 is 0 Å². The fourth-order valence-corrected chi connectivity index (χ4v) is 2.95. The number of hydrogen-bond acceptors (Lipinski definition) is 3. The Labute approximate surface area is 110 Å². The van der Waals surface area contributed by atoms with Crippen LogP contribution in [0.5, 0.6) is 0 Å².